The van der Waals surface area contributed by atoms with Crippen LogP contribution in [0.5, 0.6) is 5.75 Å². The fourth-order valence-corrected chi connectivity index (χ4v) is 6.62. The zero-order valence-electron chi connectivity index (χ0n) is 22.7. The number of piperazine rings is 1. The van der Waals surface area contributed by atoms with Gasteiger partial charge in [-0.2, -0.15) is 5.26 Å². The predicted molar refractivity (Wildman–Crippen MR) is 154 cm³/mol. The van der Waals surface area contributed by atoms with Gasteiger partial charge in [-0.1, -0.05) is 6.07 Å². The molecule has 2 aromatic heterocycles. The summed E-state index contributed by atoms with van der Waals surface area (Å²) in [6, 6.07) is 17.5. The summed E-state index contributed by atoms with van der Waals surface area (Å²) < 4.78 is 8.29. The number of hydrogen-bond acceptors (Lipinski definition) is 5. The van der Waals surface area contributed by atoms with Gasteiger partial charge < -0.3 is 14.2 Å². The number of pyridine rings is 1. The maximum absolute atomic E-state index is 9.40. The third kappa shape index (κ3) is 4.72. The quantitative estimate of drug-likeness (QED) is 0.320. The molecule has 1 saturated heterocycles. The van der Waals surface area contributed by atoms with Crippen molar-refractivity contribution in [2.24, 2.45) is 7.05 Å². The number of nitrogens with zero attached hydrogens (tertiary/aromatic N) is 5. The molecule has 0 amide bonds. The Bertz CT molecular complexity index is 1480. The number of fused-ring (bicyclic) bond motifs is 2. The predicted octanol–water partition coefficient (Wildman–Crippen LogP) is 6.23. The number of benzene rings is 2. The third-order valence-electron chi connectivity index (χ3n) is 8.49. The molecule has 38 heavy (non-hydrogen) atoms. The van der Waals surface area contributed by atoms with E-state index in [0.29, 0.717) is 12.0 Å². The highest BCUT2D eigenvalue weighted by atomic mass is 16.5. The van der Waals surface area contributed by atoms with Crippen LogP contribution in [0.25, 0.3) is 21.8 Å². The van der Waals surface area contributed by atoms with Crippen molar-refractivity contribution in [3.8, 4) is 11.8 Å². The maximum Gasteiger partial charge on any atom is 0.122 e. The van der Waals surface area contributed by atoms with E-state index in [-0.39, 0.29) is 6.10 Å². The van der Waals surface area contributed by atoms with Gasteiger partial charge in [-0.3, -0.25) is 9.88 Å². The molecule has 0 atom stereocenters. The summed E-state index contributed by atoms with van der Waals surface area (Å²) in [5.41, 5.74) is 5.65. The van der Waals surface area contributed by atoms with E-state index >= 15 is 0 Å². The Labute approximate surface area is 225 Å². The van der Waals surface area contributed by atoms with E-state index in [1.165, 1.54) is 47.8 Å². The lowest BCUT2D eigenvalue weighted by Gasteiger charge is -2.42. The van der Waals surface area contributed by atoms with Crippen molar-refractivity contribution in [1.29, 1.82) is 5.26 Å². The number of ether oxygens (including phenoxy) is 1. The second kappa shape index (κ2) is 10.3. The summed E-state index contributed by atoms with van der Waals surface area (Å²) in [7, 11) is 2.12. The summed E-state index contributed by atoms with van der Waals surface area (Å²) in [6.07, 6.45) is 9.23. The van der Waals surface area contributed by atoms with Gasteiger partial charge in [-0.15, -0.1) is 0 Å². The molecule has 0 unspecified atom stereocenters. The molecule has 0 bridgehead atoms. The van der Waals surface area contributed by atoms with Crippen LogP contribution in [0.3, 0.4) is 0 Å². The Morgan fingerprint density at radius 3 is 2.53 bits per heavy atom. The number of nitriles is 1. The van der Waals surface area contributed by atoms with Gasteiger partial charge in [0.15, 0.2) is 0 Å². The van der Waals surface area contributed by atoms with Crippen molar-refractivity contribution in [2.45, 2.75) is 57.6 Å². The molecule has 1 saturated carbocycles. The van der Waals surface area contributed by atoms with Crippen molar-refractivity contribution in [1.82, 2.24) is 14.5 Å². The van der Waals surface area contributed by atoms with Crippen LogP contribution >= 0.6 is 0 Å². The number of anilines is 1. The summed E-state index contributed by atoms with van der Waals surface area (Å²) in [6.45, 7) is 8.33. The van der Waals surface area contributed by atoms with E-state index in [2.05, 4.69) is 77.9 Å². The van der Waals surface area contributed by atoms with Gasteiger partial charge in [0.1, 0.15) is 5.75 Å². The minimum atomic E-state index is 0.145. The number of aromatic nitrogens is 2. The van der Waals surface area contributed by atoms with Crippen molar-refractivity contribution in [3.05, 3.63) is 66.0 Å². The lowest BCUT2D eigenvalue weighted by atomic mass is 9.81. The Balaban J connectivity index is 1.12. The second-order valence-electron chi connectivity index (χ2n) is 11.3. The number of aryl methyl sites for hydroxylation is 1. The lowest BCUT2D eigenvalue weighted by molar-refractivity contribution is 0.141. The van der Waals surface area contributed by atoms with Crippen LogP contribution in [0.2, 0.25) is 0 Å². The monoisotopic (exact) mass is 507 g/mol. The van der Waals surface area contributed by atoms with Gasteiger partial charge in [0, 0.05) is 74.0 Å². The first-order valence-electron chi connectivity index (χ1n) is 14.0. The zero-order chi connectivity index (χ0) is 26.2. The molecule has 6 nitrogen and oxygen atoms in total. The molecular formula is C32H37N5O. The topological polar surface area (TPSA) is 57.3 Å². The van der Waals surface area contributed by atoms with Gasteiger partial charge in [-0.25, -0.2) is 0 Å². The molecule has 3 heterocycles. The molecule has 2 fully saturated rings. The zero-order valence-corrected chi connectivity index (χ0v) is 22.7. The van der Waals surface area contributed by atoms with E-state index in [1.807, 2.05) is 18.3 Å². The molecule has 1 aliphatic carbocycles. The minimum Gasteiger partial charge on any atom is -0.491 e. The fraction of sp³-hybridized carbons (Fsp3) is 0.438. The van der Waals surface area contributed by atoms with Crippen molar-refractivity contribution in [2.75, 3.05) is 31.1 Å². The van der Waals surface area contributed by atoms with Gasteiger partial charge in [0.05, 0.1) is 28.9 Å². The maximum atomic E-state index is 9.40. The highest BCUT2D eigenvalue weighted by Gasteiger charge is 2.30. The molecule has 1 aliphatic heterocycles. The van der Waals surface area contributed by atoms with Crippen LogP contribution in [0.1, 0.15) is 56.6 Å². The molecule has 4 aromatic rings. The first-order chi connectivity index (χ1) is 18.5. The summed E-state index contributed by atoms with van der Waals surface area (Å²) >= 11 is 0. The Hall–Kier alpha value is -3.56. The standard InChI is InChI=1S/C32H37N5O/c1-22(2)38-27-18-25-5-4-12-34-32(25)31(19-27)37-15-13-36(14-16-37)26-9-7-24(8-10-26)29-21-35(3)30-11-6-23(20-33)17-28(29)30/h4-6,11-12,17-19,21-22,24,26H,7-10,13-16H2,1-3H3. The smallest absolute Gasteiger partial charge is 0.122 e. The van der Waals surface area contributed by atoms with Crippen molar-refractivity contribution < 1.29 is 4.74 Å². The Morgan fingerprint density at radius 1 is 1.00 bits per heavy atom. The van der Waals surface area contributed by atoms with Crippen LogP contribution in [0, 0.1) is 11.3 Å². The van der Waals surface area contributed by atoms with E-state index in [9.17, 15) is 5.26 Å². The first kappa shape index (κ1) is 24.8. The highest BCUT2D eigenvalue weighted by molar-refractivity contribution is 5.92. The normalized spacial score (nSPS) is 20.8. The van der Waals surface area contributed by atoms with Gasteiger partial charge >= 0.3 is 0 Å². The molecular weight excluding hydrogens is 470 g/mol. The number of hydrogen-bond donors (Lipinski definition) is 0. The largest absolute Gasteiger partial charge is 0.491 e. The van der Waals surface area contributed by atoms with Crippen molar-refractivity contribution >= 4 is 27.5 Å². The molecule has 0 spiro atoms. The molecule has 2 aromatic carbocycles. The average Bonchev–Trinajstić information content (AvgIpc) is 3.28. The Morgan fingerprint density at radius 2 is 1.79 bits per heavy atom. The van der Waals surface area contributed by atoms with Crippen LogP contribution < -0.4 is 9.64 Å². The molecule has 0 radical (unpaired) electrons. The molecule has 196 valence electrons. The van der Waals surface area contributed by atoms with Crippen LogP contribution in [-0.4, -0.2) is 52.8 Å². The second-order valence-corrected chi connectivity index (χ2v) is 11.3. The van der Waals surface area contributed by atoms with Gasteiger partial charge in [0.25, 0.3) is 0 Å². The summed E-state index contributed by atoms with van der Waals surface area (Å²) in [5, 5.41) is 11.8. The molecule has 6 heteroatoms. The fourth-order valence-electron chi connectivity index (χ4n) is 6.62. The molecule has 2 aliphatic rings. The van der Waals surface area contributed by atoms with Gasteiger partial charge in [-0.05, 0) is 81.3 Å². The van der Waals surface area contributed by atoms with Crippen molar-refractivity contribution in [3.63, 3.8) is 0 Å². The van der Waals surface area contributed by atoms with Crippen LogP contribution in [0.15, 0.2) is 54.9 Å². The molecule has 0 N–H and O–H groups in total. The van der Waals surface area contributed by atoms with Gasteiger partial charge in [0.2, 0.25) is 0 Å². The van der Waals surface area contributed by atoms with E-state index < -0.39 is 0 Å². The minimum absolute atomic E-state index is 0.145. The third-order valence-corrected chi connectivity index (χ3v) is 8.49. The van der Waals surface area contributed by atoms with Crippen LogP contribution in [-0.2, 0) is 7.05 Å². The van der Waals surface area contributed by atoms with E-state index in [4.69, 9.17) is 9.72 Å². The summed E-state index contributed by atoms with van der Waals surface area (Å²) in [5.74, 6) is 1.50. The van der Waals surface area contributed by atoms with E-state index in [0.717, 1.165) is 48.4 Å². The highest BCUT2D eigenvalue weighted by Crippen LogP contribution is 2.39. The SMILES string of the molecule is CC(C)Oc1cc(N2CCN(C3CCC(c4cn(C)c5ccc(C#N)cc45)CC3)CC2)c2ncccc2c1. The lowest BCUT2D eigenvalue weighted by Crippen LogP contribution is -2.51. The van der Waals surface area contributed by atoms with Crippen LogP contribution in [0.4, 0.5) is 5.69 Å². The Kier molecular flexibility index (Phi) is 6.71. The summed E-state index contributed by atoms with van der Waals surface area (Å²) in [4.78, 5) is 9.94. The average molecular weight is 508 g/mol. The number of rotatable bonds is 5. The molecule has 6 rings (SSSR count). The first-order valence-corrected chi connectivity index (χ1v) is 14.0. The van der Waals surface area contributed by atoms with E-state index in [1.54, 1.807) is 0 Å².